The number of ether oxygens (including phenoxy) is 2. The normalized spacial score (nSPS) is 12.4. The number of aryl methyl sites for hydroxylation is 1. The van der Waals surface area contributed by atoms with E-state index in [9.17, 15) is 0 Å². The van der Waals surface area contributed by atoms with Gasteiger partial charge in [-0.2, -0.15) is 0 Å². The predicted octanol–water partition coefficient (Wildman–Crippen LogP) is 3.82. The minimum Gasteiger partial charge on any atom is -0.467 e. The second-order valence-corrected chi connectivity index (χ2v) is 8.02. The maximum atomic E-state index is 5.72. The van der Waals surface area contributed by atoms with Crippen LogP contribution in [-0.2, 0) is 4.74 Å². The summed E-state index contributed by atoms with van der Waals surface area (Å²) in [6.07, 6.45) is 1.98. The summed E-state index contributed by atoms with van der Waals surface area (Å²) in [5.74, 6) is 0.878. The molecule has 1 unspecified atom stereocenters. The Kier molecular flexibility index (Phi) is 6.53. The summed E-state index contributed by atoms with van der Waals surface area (Å²) in [7, 11) is 2.14. The van der Waals surface area contributed by atoms with Crippen molar-refractivity contribution in [3.05, 3.63) is 53.6 Å². The van der Waals surface area contributed by atoms with Crippen LogP contribution in [0.3, 0.4) is 0 Å². The Bertz CT molecular complexity index is 705. The third-order valence-corrected chi connectivity index (χ3v) is 4.67. The van der Waals surface area contributed by atoms with Crippen LogP contribution in [0.4, 0.5) is 0 Å². The number of nitrogens with zero attached hydrogens (tertiary/aromatic N) is 1. The van der Waals surface area contributed by atoms with Crippen LogP contribution in [0.5, 0.6) is 5.75 Å². The highest BCUT2D eigenvalue weighted by molar-refractivity contribution is 7.56. The van der Waals surface area contributed by atoms with Crippen LogP contribution in [0.15, 0.2) is 47.5 Å². The lowest BCUT2D eigenvalue weighted by Crippen LogP contribution is -2.15. The molecule has 0 heterocycles. The number of hydrogen-bond donors (Lipinski definition) is 0. The van der Waals surface area contributed by atoms with Gasteiger partial charge in [-0.25, -0.2) is 0 Å². The first-order chi connectivity index (χ1) is 11.4. The fourth-order valence-corrected chi connectivity index (χ4v) is 3.46. The minimum absolute atomic E-state index is 0.0771. The van der Waals surface area contributed by atoms with E-state index in [0.29, 0.717) is 8.58 Å². The molecule has 0 bridgehead atoms. The van der Waals surface area contributed by atoms with Gasteiger partial charge < -0.3 is 9.47 Å². The Hall–Kier alpha value is -1.70. The highest BCUT2D eigenvalue weighted by Gasteiger charge is 2.10. The summed E-state index contributed by atoms with van der Waals surface area (Å²) < 4.78 is 10.8. The Balaban J connectivity index is 2.31. The average Bonchev–Trinajstić information content (AvgIpc) is 2.52. The number of rotatable bonds is 6. The van der Waals surface area contributed by atoms with Gasteiger partial charge >= 0.3 is 0 Å². The van der Waals surface area contributed by atoms with Gasteiger partial charge in [0.15, 0.2) is 6.79 Å². The van der Waals surface area contributed by atoms with E-state index < -0.39 is 0 Å². The highest BCUT2D eigenvalue weighted by Crippen LogP contribution is 2.22. The number of methoxy groups -OCH3 is 1. The molecular weight excluding hydrogens is 317 g/mol. The lowest BCUT2D eigenvalue weighted by Gasteiger charge is -2.14. The molecular formula is C20H26NO2P. The third kappa shape index (κ3) is 5.74. The molecule has 2 rings (SSSR count). The van der Waals surface area contributed by atoms with Crippen LogP contribution in [0.25, 0.3) is 0 Å². The third-order valence-electron chi connectivity index (χ3n) is 3.29. The number of benzene rings is 2. The van der Waals surface area contributed by atoms with E-state index in [1.165, 1.54) is 16.2 Å². The van der Waals surface area contributed by atoms with Gasteiger partial charge in [-0.3, -0.25) is 4.99 Å². The van der Waals surface area contributed by atoms with Crippen LogP contribution < -0.4 is 15.3 Å². The smallest absolute Gasteiger partial charge is 0.188 e. The van der Waals surface area contributed by atoms with Crippen molar-refractivity contribution in [2.75, 3.05) is 13.9 Å². The predicted molar refractivity (Wildman–Crippen MR) is 105 cm³/mol. The molecule has 3 nitrogen and oxygen atoms in total. The monoisotopic (exact) mass is 343 g/mol. The van der Waals surface area contributed by atoms with Crippen molar-refractivity contribution < 1.29 is 9.47 Å². The fourth-order valence-electron chi connectivity index (χ4n) is 2.12. The standard InChI is InChI=1S/C20H26NO2P/c1-15-10-11-17(23-14-22-5)19(12-15)24-18-9-7-6-8-16(18)13-21-20(2,3)4/h6-13,24H,14H2,1-5H3/b21-13+. The van der Waals surface area contributed by atoms with Gasteiger partial charge in [0.25, 0.3) is 0 Å². The van der Waals surface area contributed by atoms with E-state index in [1.807, 2.05) is 12.3 Å². The van der Waals surface area contributed by atoms with E-state index >= 15 is 0 Å². The molecule has 0 fully saturated rings. The molecule has 0 saturated carbocycles. The minimum atomic E-state index is -0.0771. The second kappa shape index (κ2) is 8.41. The van der Waals surface area contributed by atoms with E-state index in [1.54, 1.807) is 7.11 Å². The van der Waals surface area contributed by atoms with Crippen molar-refractivity contribution in [1.29, 1.82) is 0 Å². The van der Waals surface area contributed by atoms with Crippen molar-refractivity contribution in [1.82, 2.24) is 0 Å². The Labute approximate surface area is 146 Å². The molecule has 4 heteroatoms. The van der Waals surface area contributed by atoms with E-state index in [-0.39, 0.29) is 12.3 Å². The molecule has 128 valence electrons. The summed E-state index contributed by atoms with van der Waals surface area (Å²) >= 11 is 0. The maximum Gasteiger partial charge on any atom is 0.188 e. The quantitative estimate of drug-likeness (QED) is 0.453. The molecule has 0 aliphatic rings. The van der Waals surface area contributed by atoms with Gasteiger partial charge in [0.2, 0.25) is 0 Å². The number of aliphatic imine (C=N–C) groups is 1. The van der Waals surface area contributed by atoms with Crippen molar-refractivity contribution >= 4 is 25.4 Å². The van der Waals surface area contributed by atoms with Gasteiger partial charge in [-0.05, 0) is 45.1 Å². The molecule has 0 aromatic heterocycles. The summed E-state index contributed by atoms with van der Waals surface area (Å²) in [6.45, 7) is 8.66. The molecule has 0 saturated heterocycles. The van der Waals surface area contributed by atoms with E-state index in [4.69, 9.17) is 9.47 Å². The molecule has 2 aromatic carbocycles. The maximum absolute atomic E-state index is 5.72. The summed E-state index contributed by atoms with van der Waals surface area (Å²) in [5.41, 5.74) is 2.31. The average molecular weight is 343 g/mol. The molecule has 1 atom stereocenters. The zero-order valence-corrected chi connectivity index (χ0v) is 16.1. The van der Waals surface area contributed by atoms with Crippen molar-refractivity contribution in [2.45, 2.75) is 33.2 Å². The Morgan fingerprint density at radius 2 is 1.83 bits per heavy atom. The van der Waals surface area contributed by atoms with Crippen LogP contribution >= 0.6 is 8.58 Å². The molecule has 24 heavy (non-hydrogen) atoms. The van der Waals surface area contributed by atoms with Crippen molar-refractivity contribution in [3.63, 3.8) is 0 Å². The fraction of sp³-hybridized carbons (Fsp3) is 0.350. The summed E-state index contributed by atoms with van der Waals surface area (Å²) in [4.78, 5) is 4.65. The molecule has 0 radical (unpaired) electrons. The van der Waals surface area contributed by atoms with Gasteiger partial charge in [-0.15, -0.1) is 0 Å². The molecule has 0 aliphatic heterocycles. The van der Waals surface area contributed by atoms with Gasteiger partial charge in [0.05, 0.1) is 5.54 Å². The Morgan fingerprint density at radius 1 is 1.08 bits per heavy atom. The first-order valence-electron chi connectivity index (χ1n) is 8.03. The van der Waals surface area contributed by atoms with E-state index in [0.717, 1.165) is 11.3 Å². The van der Waals surface area contributed by atoms with Crippen LogP contribution in [0.2, 0.25) is 0 Å². The highest BCUT2D eigenvalue weighted by atomic mass is 31.1. The molecule has 0 N–H and O–H groups in total. The lowest BCUT2D eigenvalue weighted by molar-refractivity contribution is 0.0519. The van der Waals surface area contributed by atoms with Crippen molar-refractivity contribution in [2.24, 2.45) is 4.99 Å². The molecule has 0 aliphatic carbocycles. The second-order valence-electron chi connectivity index (χ2n) is 6.69. The first kappa shape index (κ1) is 18.6. The first-order valence-corrected chi connectivity index (χ1v) is 9.03. The lowest BCUT2D eigenvalue weighted by atomic mass is 10.1. The zero-order valence-electron chi connectivity index (χ0n) is 15.1. The van der Waals surface area contributed by atoms with Crippen molar-refractivity contribution in [3.8, 4) is 5.75 Å². The molecule has 0 amide bonds. The molecule has 0 spiro atoms. The van der Waals surface area contributed by atoms with Gasteiger partial charge in [0.1, 0.15) is 5.75 Å². The SMILES string of the molecule is COCOc1ccc(C)cc1Pc1ccccc1/C=N/C(C)(C)C. The van der Waals surface area contributed by atoms with Crippen LogP contribution in [0, 0.1) is 6.92 Å². The van der Waals surface area contributed by atoms with Crippen LogP contribution in [-0.4, -0.2) is 25.7 Å². The van der Waals surface area contributed by atoms with E-state index in [2.05, 4.69) is 69.1 Å². The summed E-state index contributed by atoms with van der Waals surface area (Å²) in [6, 6.07) is 14.7. The number of hydrogen-bond acceptors (Lipinski definition) is 3. The zero-order chi connectivity index (χ0) is 17.6. The van der Waals surface area contributed by atoms with Gasteiger partial charge in [0, 0.05) is 24.2 Å². The van der Waals surface area contributed by atoms with Crippen LogP contribution in [0.1, 0.15) is 31.9 Å². The largest absolute Gasteiger partial charge is 0.467 e. The summed E-state index contributed by atoms with van der Waals surface area (Å²) in [5, 5.41) is 2.45. The molecule has 2 aromatic rings. The topological polar surface area (TPSA) is 30.8 Å². The Morgan fingerprint density at radius 3 is 2.54 bits per heavy atom. The van der Waals surface area contributed by atoms with Gasteiger partial charge in [-0.1, -0.05) is 44.5 Å².